The fraction of sp³-hybridized carbons (Fsp3) is 0.368. The molecule has 0 N–H and O–H groups in total. The molecule has 0 saturated heterocycles. The van der Waals surface area contributed by atoms with Crippen LogP contribution in [0.1, 0.15) is 31.9 Å². The Morgan fingerprint density at radius 2 is 1.86 bits per heavy atom. The summed E-state index contributed by atoms with van der Waals surface area (Å²) in [4.78, 5) is 25.2. The molecule has 2 aliphatic carbocycles. The largest absolute Gasteiger partial charge is 0.497 e. The summed E-state index contributed by atoms with van der Waals surface area (Å²) in [6.07, 6.45) is 3.48. The van der Waals surface area contributed by atoms with E-state index in [4.69, 9.17) is 4.74 Å². The number of methoxy groups -OCH3 is 1. The Morgan fingerprint density at radius 1 is 1.18 bits per heavy atom. The molecule has 3 heteroatoms. The Bertz CT molecular complexity index is 739. The van der Waals surface area contributed by atoms with Crippen molar-refractivity contribution in [2.45, 2.75) is 26.2 Å². The number of benzene rings is 1. The molecule has 1 aromatic rings. The minimum absolute atomic E-state index is 0.0116. The first-order valence-corrected chi connectivity index (χ1v) is 7.39. The second-order valence-electron chi connectivity index (χ2n) is 6.89. The summed E-state index contributed by atoms with van der Waals surface area (Å²) >= 11 is 0. The third kappa shape index (κ3) is 1.68. The minimum Gasteiger partial charge on any atom is -0.497 e. The predicted molar refractivity (Wildman–Crippen MR) is 85.8 cm³/mol. The van der Waals surface area contributed by atoms with Crippen molar-refractivity contribution in [1.29, 1.82) is 0 Å². The van der Waals surface area contributed by atoms with Crippen LogP contribution in [0.25, 0.3) is 5.57 Å². The molecule has 2 aliphatic rings. The molecule has 22 heavy (non-hydrogen) atoms. The number of allylic oxidation sites excluding steroid dienone is 3. The number of Topliss-reactive ketones (excluding diaryl/α,β-unsaturated/α-hetero) is 1. The molecule has 0 unspecified atom stereocenters. The fourth-order valence-electron chi connectivity index (χ4n) is 3.96. The zero-order chi connectivity index (χ0) is 16.3. The van der Waals surface area contributed by atoms with E-state index in [9.17, 15) is 9.59 Å². The molecule has 2 atom stereocenters. The maximum Gasteiger partial charge on any atom is 0.168 e. The van der Waals surface area contributed by atoms with Gasteiger partial charge in [0.1, 0.15) is 5.75 Å². The van der Waals surface area contributed by atoms with Crippen molar-refractivity contribution in [2.75, 3.05) is 7.11 Å². The first-order valence-electron chi connectivity index (χ1n) is 7.39. The highest BCUT2D eigenvalue weighted by Gasteiger charge is 2.56. The number of hydrogen-bond donors (Lipinski definition) is 0. The van der Waals surface area contributed by atoms with Crippen LogP contribution < -0.4 is 4.74 Å². The van der Waals surface area contributed by atoms with Gasteiger partial charge in [-0.2, -0.15) is 0 Å². The third-order valence-electron chi connectivity index (χ3n) is 5.23. The van der Waals surface area contributed by atoms with Crippen LogP contribution in [0.5, 0.6) is 5.75 Å². The number of hydrogen-bond acceptors (Lipinski definition) is 3. The fourth-order valence-corrected chi connectivity index (χ4v) is 3.96. The molecule has 0 saturated carbocycles. The number of carbonyl (C=O) groups is 2. The van der Waals surface area contributed by atoms with Gasteiger partial charge in [-0.15, -0.1) is 0 Å². The molecular weight excluding hydrogens is 276 g/mol. The van der Waals surface area contributed by atoms with E-state index in [-0.39, 0.29) is 11.6 Å². The molecule has 3 nitrogen and oxygen atoms in total. The van der Waals surface area contributed by atoms with Crippen molar-refractivity contribution in [3.8, 4) is 5.75 Å². The predicted octanol–water partition coefficient (Wildman–Crippen LogP) is 3.33. The first-order chi connectivity index (χ1) is 10.2. The van der Waals surface area contributed by atoms with Gasteiger partial charge in [0.25, 0.3) is 0 Å². The van der Waals surface area contributed by atoms with Crippen LogP contribution in [0.4, 0.5) is 0 Å². The van der Waals surface area contributed by atoms with E-state index in [2.05, 4.69) is 6.58 Å². The number of rotatable bonds is 1. The van der Waals surface area contributed by atoms with E-state index < -0.39 is 16.7 Å². The summed E-state index contributed by atoms with van der Waals surface area (Å²) in [6, 6.07) is 5.67. The average Bonchev–Trinajstić information content (AvgIpc) is 2.48. The zero-order valence-corrected chi connectivity index (χ0v) is 13.4. The summed E-state index contributed by atoms with van der Waals surface area (Å²) < 4.78 is 5.33. The molecule has 0 bridgehead atoms. The van der Waals surface area contributed by atoms with Crippen LogP contribution in [0.2, 0.25) is 0 Å². The summed E-state index contributed by atoms with van der Waals surface area (Å²) in [5.74, 6) is 0.249. The SMILES string of the molecule is C=C1C(=O)[C@H]2C(C)(C)C(=O)C=C[C@]2(C)c2cc(OC)ccc21. The van der Waals surface area contributed by atoms with Gasteiger partial charge in [0.15, 0.2) is 11.6 Å². The second-order valence-corrected chi connectivity index (χ2v) is 6.89. The summed E-state index contributed by atoms with van der Waals surface area (Å²) in [6.45, 7) is 9.69. The monoisotopic (exact) mass is 296 g/mol. The van der Waals surface area contributed by atoms with Crippen LogP contribution in [0.15, 0.2) is 36.9 Å². The van der Waals surface area contributed by atoms with E-state index in [0.717, 1.165) is 16.9 Å². The highest BCUT2D eigenvalue weighted by atomic mass is 16.5. The normalized spacial score (nSPS) is 29.1. The van der Waals surface area contributed by atoms with E-state index >= 15 is 0 Å². The molecule has 0 radical (unpaired) electrons. The van der Waals surface area contributed by atoms with E-state index in [1.807, 2.05) is 45.0 Å². The summed E-state index contributed by atoms with van der Waals surface area (Å²) in [7, 11) is 1.62. The lowest BCUT2D eigenvalue weighted by molar-refractivity contribution is -0.135. The molecule has 0 fully saturated rings. The standard InChI is InChI=1S/C19H20O3/c1-11-13-7-6-12(22-5)10-14(13)19(4)9-8-15(20)18(2,3)17(19)16(11)21/h6-10,17H,1H2,2-5H3/t17-,19+/m0/s1. The summed E-state index contributed by atoms with van der Waals surface area (Å²) in [5.41, 5.74) is 1.05. The molecule has 0 amide bonds. The van der Waals surface area contributed by atoms with E-state index in [0.29, 0.717) is 5.57 Å². The average molecular weight is 296 g/mol. The van der Waals surface area contributed by atoms with Gasteiger partial charge in [-0.25, -0.2) is 0 Å². The van der Waals surface area contributed by atoms with Gasteiger partial charge in [-0.05, 0) is 29.3 Å². The Hall–Kier alpha value is -2.16. The van der Waals surface area contributed by atoms with Crippen LogP contribution in [-0.4, -0.2) is 18.7 Å². The number of fused-ring (bicyclic) bond motifs is 3. The second kappa shape index (κ2) is 4.42. The van der Waals surface area contributed by atoms with Gasteiger partial charge >= 0.3 is 0 Å². The van der Waals surface area contributed by atoms with Crippen molar-refractivity contribution >= 4 is 17.1 Å². The molecule has 0 spiro atoms. The maximum absolute atomic E-state index is 12.9. The molecule has 0 heterocycles. The lowest BCUT2D eigenvalue weighted by Gasteiger charge is -2.49. The molecule has 0 aliphatic heterocycles. The zero-order valence-electron chi connectivity index (χ0n) is 13.4. The van der Waals surface area contributed by atoms with Crippen LogP contribution in [-0.2, 0) is 15.0 Å². The molecular formula is C19H20O3. The smallest absolute Gasteiger partial charge is 0.168 e. The van der Waals surface area contributed by atoms with Crippen LogP contribution in [0, 0.1) is 11.3 Å². The number of ketones is 2. The molecule has 0 aromatic heterocycles. The highest BCUT2D eigenvalue weighted by molar-refractivity contribution is 6.25. The lowest BCUT2D eigenvalue weighted by atomic mass is 9.51. The molecule has 1 aromatic carbocycles. The first kappa shape index (κ1) is 14.8. The summed E-state index contributed by atoms with van der Waals surface area (Å²) in [5, 5.41) is 0. The van der Waals surface area contributed by atoms with Crippen molar-refractivity contribution in [2.24, 2.45) is 11.3 Å². The number of carbonyl (C=O) groups excluding carboxylic acids is 2. The Balaban J connectivity index is 2.34. The Kier molecular flexibility index (Phi) is 2.96. The quantitative estimate of drug-likeness (QED) is 0.747. The van der Waals surface area contributed by atoms with Gasteiger partial charge < -0.3 is 4.74 Å². The van der Waals surface area contributed by atoms with Gasteiger partial charge in [-0.1, -0.05) is 39.5 Å². The van der Waals surface area contributed by atoms with Crippen molar-refractivity contribution < 1.29 is 14.3 Å². The topological polar surface area (TPSA) is 43.4 Å². The molecule has 3 rings (SSSR count). The van der Waals surface area contributed by atoms with Crippen molar-refractivity contribution in [3.05, 3.63) is 48.1 Å². The lowest BCUT2D eigenvalue weighted by Crippen LogP contribution is -2.53. The molecule has 114 valence electrons. The highest BCUT2D eigenvalue weighted by Crippen LogP contribution is 2.54. The van der Waals surface area contributed by atoms with Gasteiger partial charge in [0.2, 0.25) is 0 Å². The third-order valence-corrected chi connectivity index (χ3v) is 5.23. The van der Waals surface area contributed by atoms with Gasteiger partial charge in [0.05, 0.1) is 7.11 Å². The minimum atomic E-state index is -0.746. The van der Waals surface area contributed by atoms with Crippen molar-refractivity contribution in [1.82, 2.24) is 0 Å². The van der Waals surface area contributed by atoms with E-state index in [1.165, 1.54) is 0 Å². The Labute approximate surface area is 130 Å². The number of ether oxygens (including phenoxy) is 1. The maximum atomic E-state index is 12.9. The van der Waals surface area contributed by atoms with Crippen LogP contribution in [0.3, 0.4) is 0 Å². The van der Waals surface area contributed by atoms with Crippen molar-refractivity contribution in [3.63, 3.8) is 0 Å². The van der Waals surface area contributed by atoms with E-state index in [1.54, 1.807) is 13.2 Å². The van der Waals surface area contributed by atoms with Gasteiger partial charge in [0, 0.05) is 22.3 Å². The van der Waals surface area contributed by atoms with Crippen LogP contribution >= 0.6 is 0 Å². The van der Waals surface area contributed by atoms with Gasteiger partial charge in [-0.3, -0.25) is 9.59 Å². The Morgan fingerprint density at radius 3 is 2.50 bits per heavy atom.